The average Bonchev–Trinajstić information content (AvgIpc) is 2.71. The Balaban J connectivity index is 1.50. The van der Waals surface area contributed by atoms with Crippen molar-refractivity contribution in [3.63, 3.8) is 0 Å². The van der Waals surface area contributed by atoms with Gasteiger partial charge in [0.2, 0.25) is 0 Å². The number of aryl methyl sites for hydroxylation is 3. The summed E-state index contributed by atoms with van der Waals surface area (Å²) < 4.78 is 0. The van der Waals surface area contributed by atoms with Crippen molar-refractivity contribution in [1.29, 1.82) is 0 Å². The summed E-state index contributed by atoms with van der Waals surface area (Å²) in [6.07, 6.45) is 2.61. The van der Waals surface area contributed by atoms with Crippen molar-refractivity contribution >= 4 is 29.2 Å². The van der Waals surface area contributed by atoms with E-state index in [0.717, 1.165) is 29.1 Å². The SMILES string of the molecule is CCc1ccccc1NC(=O)NCCNc1cc(Nc2cc(C)ccn2)nc(C)n1. The molecule has 2 amide bonds. The van der Waals surface area contributed by atoms with E-state index in [-0.39, 0.29) is 6.03 Å². The van der Waals surface area contributed by atoms with Crippen LogP contribution in [0.25, 0.3) is 0 Å². The highest BCUT2D eigenvalue weighted by molar-refractivity contribution is 5.90. The highest BCUT2D eigenvalue weighted by Gasteiger charge is 2.06. The number of rotatable bonds is 8. The number of nitrogens with zero attached hydrogens (tertiary/aromatic N) is 3. The number of carbonyl (C=O) groups excluding carboxylic acids is 1. The van der Waals surface area contributed by atoms with Gasteiger partial charge in [-0.05, 0) is 49.6 Å². The zero-order valence-corrected chi connectivity index (χ0v) is 17.5. The van der Waals surface area contributed by atoms with Crippen molar-refractivity contribution < 1.29 is 4.79 Å². The van der Waals surface area contributed by atoms with Gasteiger partial charge in [0.1, 0.15) is 23.3 Å². The molecule has 0 atom stereocenters. The van der Waals surface area contributed by atoms with E-state index in [4.69, 9.17) is 0 Å². The first-order valence-corrected chi connectivity index (χ1v) is 9.95. The lowest BCUT2D eigenvalue weighted by atomic mass is 10.1. The molecule has 2 aromatic heterocycles. The zero-order chi connectivity index (χ0) is 21.3. The van der Waals surface area contributed by atoms with Gasteiger partial charge in [0.15, 0.2) is 0 Å². The van der Waals surface area contributed by atoms with Crippen LogP contribution in [0.5, 0.6) is 0 Å². The Bertz CT molecular complexity index is 1010. The molecule has 2 heterocycles. The Morgan fingerprint density at radius 2 is 1.77 bits per heavy atom. The van der Waals surface area contributed by atoms with Crippen LogP contribution < -0.4 is 21.3 Å². The van der Waals surface area contributed by atoms with Crippen LogP contribution in [-0.4, -0.2) is 34.1 Å². The average molecular weight is 406 g/mol. The van der Waals surface area contributed by atoms with Gasteiger partial charge in [-0.1, -0.05) is 25.1 Å². The minimum absolute atomic E-state index is 0.232. The maximum Gasteiger partial charge on any atom is 0.319 e. The van der Waals surface area contributed by atoms with E-state index in [1.165, 1.54) is 0 Å². The fraction of sp³-hybridized carbons (Fsp3) is 0.273. The Kier molecular flexibility index (Phi) is 7.15. The summed E-state index contributed by atoms with van der Waals surface area (Å²) >= 11 is 0. The van der Waals surface area contributed by atoms with Crippen LogP contribution in [0, 0.1) is 13.8 Å². The zero-order valence-electron chi connectivity index (χ0n) is 17.5. The molecule has 3 aromatic rings. The van der Waals surface area contributed by atoms with E-state index in [0.29, 0.717) is 30.5 Å². The summed E-state index contributed by atoms with van der Waals surface area (Å²) in [7, 11) is 0. The molecule has 0 saturated carbocycles. The molecule has 0 aliphatic carbocycles. The van der Waals surface area contributed by atoms with Gasteiger partial charge in [0.05, 0.1) is 0 Å². The maximum atomic E-state index is 12.1. The van der Waals surface area contributed by atoms with Crippen LogP contribution in [0.1, 0.15) is 23.9 Å². The van der Waals surface area contributed by atoms with Crippen LogP contribution in [0.4, 0.5) is 27.9 Å². The van der Waals surface area contributed by atoms with Crippen LogP contribution in [0.15, 0.2) is 48.7 Å². The highest BCUT2D eigenvalue weighted by Crippen LogP contribution is 2.17. The normalized spacial score (nSPS) is 10.4. The third-order valence-corrected chi connectivity index (χ3v) is 4.37. The number of para-hydroxylation sites is 1. The van der Waals surface area contributed by atoms with E-state index in [9.17, 15) is 4.79 Å². The number of amides is 2. The molecule has 0 spiro atoms. The summed E-state index contributed by atoms with van der Waals surface area (Å²) in [4.78, 5) is 25.2. The standard InChI is InChI=1S/C22H27N7O/c1-4-17-7-5-6-8-18(17)28-22(30)25-12-11-24-20-14-21(27-16(3)26-20)29-19-13-15(2)9-10-23-19/h5-10,13-14H,4,11-12H2,1-3H3,(H2,25,28,30)(H2,23,24,26,27,29). The molecular weight excluding hydrogens is 378 g/mol. The number of benzene rings is 1. The fourth-order valence-electron chi connectivity index (χ4n) is 2.94. The number of anilines is 4. The van der Waals surface area contributed by atoms with Gasteiger partial charge in [0.25, 0.3) is 0 Å². The summed E-state index contributed by atoms with van der Waals surface area (Å²) in [5.41, 5.74) is 3.05. The van der Waals surface area contributed by atoms with Gasteiger partial charge in [-0.25, -0.2) is 19.7 Å². The summed E-state index contributed by atoms with van der Waals surface area (Å²) in [5.74, 6) is 2.70. The van der Waals surface area contributed by atoms with Crippen LogP contribution in [0.2, 0.25) is 0 Å². The van der Waals surface area contributed by atoms with E-state index in [1.54, 1.807) is 6.20 Å². The Hall–Kier alpha value is -3.68. The first-order chi connectivity index (χ1) is 14.5. The Morgan fingerprint density at radius 3 is 2.57 bits per heavy atom. The Labute approximate surface area is 176 Å². The maximum absolute atomic E-state index is 12.1. The van der Waals surface area contributed by atoms with E-state index in [1.807, 2.05) is 56.3 Å². The van der Waals surface area contributed by atoms with Crippen molar-refractivity contribution in [1.82, 2.24) is 20.3 Å². The molecule has 0 fully saturated rings. The van der Waals surface area contributed by atoms with Gasteiger partial charge in [-0.3, -0.25) is 0 Å². The van der Waals surface area contributed by atoms with Gasteiger partial charge in [0, 0.05) is 31.0 Å². The van der Waals surface area contributed by atoms with Gasteiger partial charge in [-0.15, -0.1) is 0 Å². The molecule has 30 heavy (non-hydrogen) atoms. The predicted molar refractivity (Wildman–Crippen MR) is 120 cm³/mol. The molecule has 3 rings (SSSR count). The van der Waals surface area contributed by atoms with Crippen LogP contribution in [0.3, 0.4) is 0 Å². The minimum Gasteiger partial charge on any atom is -0.368 e. The summed E-state index contributed by atoms with van der Waals surface area (Å²) in [5, 5.41) is 12.1. The minimum atomic E-state index is -0.232. The van der Waals surface area contributed by atoms with Crippen molar-refractivity contribution in [3.8, 4) is 0 Å². The van der Waals surface area contributed by atoms with Crippen LogP contribution in [-0.2, 0) is 6.42 Å². The smallest absolute Gasteiger partial charge is 0.319 e. The first-order valence-electron chi connectivity index (χ1n) is 9.95. The van der Waals surface area contributed by atoms with Gasteiger partial charge >= 0.3 is 6.03 Å². The Morgan fingerprint density at radius 1 is 0.967 bits per heavy atom. The predicted octanol–water partition coefficient (Wildman–Crippen LogP) is 4.03. The molecule has 0 unspecified atom stereocenters. The van der Waals surface area contributed by atoms with Gasteiger partial charge in [-0.2, -0.15) is 0 Å². The molecule has 0 aliphatic heterocycles. The lowest BCUT2D eigenvalue weighted by Crippen LogP contribution is -2.33. The summed E-state index contributed by atoms with van der Waals surface area (Å²) in [6, 6.07) is 13.2. The van der Waals surface area contributed by atoms with Crippen molar-refractivity contribution in [2.24, 2.45) is 0 Å². The third-order valence-electron chi connectivity index (χ3n) is 4.37. The molecule has 0 bridgehead atoms. The fourth-order valence-corrected chi connectivity index (χ4v) is 2.94. The number of hydrogen-bond donors (Lipinski definition) is 4. The molecule has 0 radical (unpaired) electrons. The van der Waals surface area contributed by atoms with E-state index < -0.39 is 0 Å². The van der Waals surface area contributed by atoms with Crippen molar-refractivity contribution in [2.45, 2.75) is 27.2 Å². The number of carbonyl (C=O) groups is 1. The number of pyridine rings is 1. The second-order valence-electron chi connectivity index (χ2n) is 6.85. The van der Waals surface area contributed by atoms with Gasteiger partial charge < -0.3 is 21.3 Å². The monoisotopic (exact) mass is 405 g/mol. The molecule has 0 saturated heterocycles. The number of aromatic nitrogens is 3. The van der Waals surface area contributed by atoms with Crippen molar-refractivity contribution in [3.05, 3.63) is 65.6 Å². The molecule has 8 nitrogen and oxygen atoms in total. The molecule has 4 N–H and O–H groups in total. The topological polar surface area (TPSA) is 104 Å². The summed E-state index contributed by atoms with van der Waals surface area (Å²) in [6.45, 7) is 6.88. The molecular formula is C22H27N7O. The lowest BCUT2D eigenvalue weighted by molar-refractivity contribution is 0.252. The van der Waals surface area contributed by atoms with Crippen LogP contribution >= 0.6 is 0 Å². The number of urea groups is 1. The lowest BCUT2D eigenvalue weighted by Gasteiger charge is -2.12. The highest BCUT2D eigenvalue weighted by atomic mass is 16.2. The number of hydrogen-bond acceptors (Lipinski definition) is 6. The quantitative estimate of drug-likeness (QED) is 0.422. The molecule has 0 aliphatic rings. The largest absolute Gasteiger partial charge is 0.368 e. The van der Waals surface area contributed by atoms with Crippen molar-refractivity contribution in [2.75, 3.05) is 29.0 Å². The third kappa shape index (κ3) is 6.16. The second-order valence-corrected chi connectivity index (χ2v) is 6.85. The second kappa shape index (κ2) is 10.2. The number of nitrogens with one attached hydrogen (secondary N) is 4. The molecule has 156 valence electrons. The van der Waals surface area contributed by atoms with E-state index >= 15 is 0 Å². The van der Waals surface area contributed by atoms with E-state index in [2.05, 4.69) is 43.1 Å². The first kappa shape index (κ1) is 21.0. The molecule has 8 heteroatoms. The molecule has 1 aromatic carbocycles.